The highest BCUT2D eigenvalue weighted by Gasteiger charge is 1.98. The fourth-order valence-corrected chi connectivity index (χ4v) is 0.408. The van der Waals surface area contributed by atoms with Crippen LogP contribution in [0.25, 0.3) is 0 Å². The summed E-state index contributed by atoms with van der Waals surface area (Å²) in [6.07, 6.45) is 5.73. The van der Waals surface area contributed by atoms with Crippen LogP contribution >= 0.6 is 0 Å². The first-order valence-electron chi connectivity index (χ1n) is 2.06. The molecule has 0 aromatic rings. The number of allylic oxidation sites excluding steroid dienone is 2. The van der Waals surface area contributed by atoms with Gasteiger partial charge in [0.05, 0.1) is 0 Å². The lowest BCUT2D eigenvalue weighted by atomic mass is 9.98. The van der Waals surface area contributed by atoms with Crippen molar-refractivity contribution in [3.05, 3.63) is 12.2 Å². The van der Waals surface area contributed by atoms with Gasteiger partial charge in [0.1, 0.15) is 0 Å². The van der Waals surface area contributed by atoms with Gasteiger partial charge in [-0.3, -0.25) is 0 Å². The van der Waals surface area contributed by atoms with E-state index in [-0.39, 0.29) is 0 Å². The summed E-state index contributed by atoms with van der Waals surface area (Å²) < 4.78 is 0. The predicted octanol–water partition coefficient (Wildman–Crippen LogP) is 1.58. The lowest BCUT2D eigenvalue weighted by Gasteiger charge is -2.08. The molecule has 1 aliphatic carbocycles. The minimum atomic E-state index is 0.884. The van der Waals surface area contributed by atoms with Gasteiger partial charge in [0.15, 0.2) is 0 Å². The first-order valence-corrected chi connectivity index (χ1v) is 2.06. The normalized spacial score (nSPS) is 33.4. The Morgan fingerprint density at radius 2 is 2.20 bits per heavy atom. The van der Waals surface area contributed by atoms with Gasteiger partial charge in [-0.1, -0.05) is 19.1 Å². The third kappa shape index (κ3) is 0.344. The summed E-state index contributed by atoms with van der Waals surface area (Å²) >= 11 is 0. The molecule has 0 bridgehead atoms. The van der Waals surface area contributed by atoms with E-state index in [0.717, 1.165) is 5.92 Å². The molecule has 0 amide bonds. The van der Waals surface area contributed by atoms with Crippen LogP contribution in [0.2, 0.25) is 0 Å². The third-order valence-electron chi connectivity index (χ3n) is 0.972. The molecule has 0 saturated heterocycles. The Kier molecular flexibility index (Phi) is 0.503. The first kappa shape index (κ1) is 2.95. The Morgan fingerprint density at radius 1 is 1.80 bits per heavy atom. The molecule has 0 fully saturated rings. The van der Waals surface area contributed by atoms with Gasteiger partial charge < -0.3 is 0 Å². The van der Waals surface area contributed by atoms with Gasteiger partial charge in [0.25, 0.3) is 0 Å². The Balaban J connectivity index is 2.39. The zero-order valence-corrected chi connectivity index (χ0v) is 3.44. The summed E-state index contributed by atoms with van der Waals surface area (Å²) in [4.78, 5) is 0. The maximum Gasteiger partial charge on any atom is -0.0227 e. The molecule has 1 atom stereocenters. The molecule has 1 aliphatic rings. The van der Waals surface area contributed by atoms with Gasteiger partial charge in [-0.05, 0) is 12.3 Å². The molecule has 0 nitrogen and oxygen atoms in total. The maximum absolute atomic E-state index is 2.22. The standard InChI is InChI=1S/C5H8/c1-5-3-2-4-5/h2-3,5H,4H2,1H3/t5-/m1/s1. The highest BCUT2D eigenvalue weighted by Crippen LogP contribution is 2.13. The van der Waals surface area contributed by atoms with Gasteiger partial charge in [0.2, 0.25) is 0 Å². The third-order valence-corrected chi connectivity index (χ3v) is 0.972. The van der Waals surface area contributed by atoms with Crippen molar-refractivity contribution < 1.29 is 0 Å². The SMILES string of the molecule is C[C@@H]1C=CC1. The van der Waals surface area contributed by atoms with Crippen LogP contribution in [0.15, 0.2) is 12.2 Å². The summed E-state index contributed by atoms with van der Waals surface area (Å²) in [5.41, 5.74) is 0. The molecule has 0 heteroatoms. The van der Waals surface area contributed by atoms with Crippen molar-refractivity contribution in [1.29, 1.82) is 0 Å². The minimum Gasteiger partial charge on any atom is -0.0877 e. The van der Waals surface area contributed by atoms with Gasteiger partial charge in [-0.2, -0.15) is 0 Å². The van der Waals surface area contributed by atoms with Crippen molar-refractivity contribution in [2.45, 2.75) is 13.3 Å². The molecule has 0 spiro atoms. The fourth-order valence-electron chi connectivity index (χ4n) is 0.408. The molecule has 0 saturated carbocycles. The molecule has 0 radical (unpaired) electrons. The smallest absolute Gasteiger partial charge is 0.0227 e. The predicted molar refractivity (Wildman–Crippen MR) is 22.9 cm³/mol. The molecule has 0 aliphatic heterocycles. The van der Waals surface area contributed by atoms with E-state index in [4.69, 9.17) is 0 Å². The van der Waals surface area contributed by atoms with Crippen molar-refractivity contribution in [2.75, 3.05) is 0 Å². The molecule has 0 heterocycles. The van der Waals surface area contributed by atoms with E-state index in [9.17, 15) is 0 Å². The highest BCUT2D eigenvalue weighted by molar-refractivity contribution is 4.99. The van der Waals surface area contributed by atoms with Crippen LogP contribution in [0.3, 0.4) is 0 Å². The van der Waals surface area contributed by atoms with E-state index < -0.39 is 0 Å². The summed E-state index contributed by atoms with van der Waals surface area (Å²) in [5.74, 6) is 0.884. The zero-order valence-electron chi connectivity index (χ0n) is 3.44. The highest BCUT2D eigenvalue weighted by atomic mass is 14.0. The molecule has 1 rings (SSSR count). The van der Waals surface area contributed by atoms with Crippen LogP contribution in [-0.2, 0) is 0 Å². The Labute approximate surface area is 32.5 Å². The Bertz CT molecular complexity index is 53.1. The molecule has 28 valence electrons. The molecule has 0 aromatic heterocycles. The van der Waals surface area contributed by atoms with Crippen LogP contribution in [0.1, 0.15) is 13.3 Å². The summed E-state index contributed by atoms with van der Waals surface area (Å²) in [6, 6.07) is 0. The van der Waals surface area contributed by atoms with Crippen LogP contribution in [0.4, 0.5) is 0 Å². The van der Waals surface area contributed by atoms with Gasteiger partial charge in [-0.25, -0.2) is 0 Å². The van der Waals surface area contributed by atoms with Gasteiger partial charge in [-0.15, -0.1) is 0 Å². The second-order valence-electron chi connectivity index (χ2n) is 1.64. The van der Waals surface area contributed by atoms with Crippen molar-refractivity contribution in [3.63, 3.8) is 0 Å². The molecule has 0 unspecified atom stereocenters. The first-order chi connectivity index (χ1) is 2.39. The van der Waals surface area contributed by atoms with Crippen molar-refractivity contribution in [3.8, 4) is 0 Å². The van der Waals surface area contributed by atoms with Crippen LogP contribution in [-0.4, -0.2) is 0 Å². The lowest BCUT2D eigenvalue weighted by molar-refractivity contribution is 0.681. The van der Waals surface area contributed by atoms with E-state index in [0.29, 0.717) is 0 Å². The van der Waals surface area contributed by atoms with Crippen molar-refractivity contribution in [1.82, 2.24) is 0 Å². The van der Waals surface area contributed by atoms with Crippen LogP contribution < -0.4 is 0 Å². The second-order valence-corrected chi connectivity index (χ2v) is 1.64. The van der Waals surface area contributed by atoms with Crippen molar-refractivity contribution in [2.24, 2.45) is 5.92 Å². The van der Waals surface area contributed by atoms with Gasteiger partial charge >= 0.3 is 0 Å². The zero-order chi connectivity index (χ0) is 3.70. The molecule has 5 heavy (non-hydrogen) atoms. The minimum absolute atomic E-state index is 0.884. The topological polar surface area (TPSA) is 0 Å². The van der Waals surface area contributed by atoms with E-state index in [2.05, 4.69) is 19.1 Å². The summed E-state index contributed by atoms with van der Waals surface area (Å²) in [5, 5.41) is 0. The average molecular weight is 68.1 g/mol. The lowest BCUT2D eigenvalue weighted by Crippen LogP contribution is -1.93. The Hall–Kier alpha value is -0.260. The summed E-state index contributed by atoms with van der Waals surface area (Å²) in [7, 11) is 0. The van der Waals surface area contributed by atoms with E-state index in [1.54, 1.807) is 0 Å². The van der Waals surface area contributed by atoms with Gasteiger partial charge in [0, 0.05) is 0 Å². The van der Waals surface area contributed by atoms with E-state index in [1.165, 1.54) is 6.42 Å². The average Bonchev–Trinajstić information content (AvgIpc) is 1.30. The monoisotopic (exact) mass is 68.1 g/mol. The largest absolute Gasteiger partial charge is 0.0877 e. The second kappa shape index (κ2) is 0.852. The Morgan fingerprint density at radius 3 is 2.20 bits per heavy atom. The fraction of sp³-hybridized carbons (Fsp3) is 0.600. The number of rotatable bonds is 0. The van der Waals surface area contributed by atoms with Crippen molar-refractivity contribution >= 4 is 0 Å². The molecular weight excluding hydrogens is 60.1 g/mol. The van der Waals surface area contributed by atoms with Crippen LogP contribution in [0, 0.1) is 5.92 Å². The summed E-state index contributed by atoms with van der Waals surface area (Å²) in [6.45, 7) is 2.22. The quantitative estimate of drug-likeness (QED) is 0.378. The van der Waals surface area contributed by atoms with E-state index in [1.807, 2.05) is 0 Å². The maximum atomic E-state index is 2.22. The molecular formula is C5H8. The molecule has 0 N–H and O–H groups in total. The molecule has 0 aromatic carbocycles. The van der Waals surface area contributed by atoms with E-state index >= 15 is 0 Å². The number of hydrogen-bond acceptors (Lipinski definition) is 0. The number of hydrogen-bond donors (Lipinski definition) is 0. The van der Waals surface area contributed by atoms with Crippen LogP contribution in [0.5, 0.6) is 0 Å².